The minimum Gasteiger partial charge on any atom is -0.277 e. The van der Waals surface area contributed by atoms with Crippen LogP contribution in [0, 0.1) is 0 Å². The Morgan fingerprint density at radius 1 is 0.323 bits per heavy atom. The molecule has 0 bridgehead atoms. The summed E-state index contributed by atoms with van der Waals surface area (Å²) in [6.45, 7) is 0. The molecule has 0 unspecified atom stereocenters. The van der Waals surface area contributed by atoms with E-state index < -0.39 is 0 Å². The lowest BCUT2D eigenvalue weighted by Crippen LogP contribution is -2.04. The molecule has 3 nitrogen and oxygen atoms in total. The first-order valence-electron chi connectivity index (χ1n) is 21.1. The van der Waals surface area contributed by atoms with E-state index in [0.29, 0.717) is 5.95 Å². The third-order valence-corrected chi connectivity index (χ3v) is 13.7. The number of aromatic nitrogens is 3. The molecule has 0 atom stereocenters. The fraction of sp³-hybridized carbons (Fsp3) is 0. The Morgan fingerprint density at radius 3 is 1.65 bits per heavy atom. The zero-order chi connectivity index (χ0) is 40.7. The average molecular weight is 806 g/mol. The average Bonchev–Trinajstić information content (AvgIpc) is 3.91. The summed E-state index contributed by atoms with van der Waals surface area (Å²) in [6.07, 6.45) is 0. The standard InChI is InChI=1S/C58H35N3S/c1-2-16-36(17-3-1)55-47-26-8-10-31-50(47)59-58(60-55)61-56-42(29-14-30-49(56)54-45-24-6-4-22-43(45)44-23-5-7-25-46(44)57(54)61)40-21-13-19-38(35-40)37-18-12-20-39(34-37)41-28-15-33-52-53(41)48-27-9-11-32-51(48)62-52/h1-35H. The summed E-state index contributed by atoms with van der Waals surface area (Å²) >= 11 is 1.86. The summed E-state index contributed by atoms with van der Waals surface area (Å²) in [4.78, 5) is 10.9. The lowest BCUT2D eigenvalue weighted by molar-refractivity contribution is 1.02. The number of thiophene rings is 1. The minimum atomic E-state index is 0.648. The highest BCUT2D eigenvalue weighted by molar-refractivity contribution is 7.25. The van der Waals surface area contributed by atoms with Gasteiger partial charge in [-0.1, -0.05) is 182 Å². The van der Waals surface area contributed by atoms with Crippen LogP contribution in [0.3, 0.4) is 0 Å². The van der Waals surface area contributed by atoms with Gasteiger partial charge in [-0.2, -0.15) is 0 Å². The molecule has 0 spiro atoms. The predicted molar refractivity (Wildman–Crippen MR) is 264 cm³/mol. The van der Waals surface area contributed by atoms with E-state index in [9.17, 15) is 0 Å². The highest BCUT2D eigenvalue weighted by atomic mass is 32.1. The monoisotopic (exact) mass is 805 g/mol. The van der Waals surface area contributed by atoms with Gasteiger partial charge in [-0.3, -0.25) is 4.57 Å². The molecule has 0 saturated carbocycles. The fourth-order valence-electron chi connectivity index (χ4n) is 9.89. The van der Waals surface area contributed by atoms with Crippen LogP contribution in [0.15, 0.2) is 212 Å². The summed E-state index contributed by atoms with van der Waals surface area (Å²) in [7, 11) is 0. The lowest BCUT2D eigenvalue weighted by atomic mass is 9.93. The Bertz CT molecular complexity index is 3930. The Kier molecular flexibility index (Phi) is 7.78. The van der Waals surface area contributed by atoms with Crippen molar-refractivity contribution < 1.29 is 0 Å². The molecule has 10 aromatic carbocycles. The summed E-state index contributed by atoms with van der Waals surface area (Å²) in [6, 6.07) is 76.7. The molecule has 0 aliphatic heterocycles. The molecule has 0 N–H and O–H groups in total. The van der Waals surface area contributed by atoms with E-state index in [2.05, 4.69) is 217 Å². The van der Waals surface area contributed by atoms with Crippen molar-refractivity contribution in [1.29, 1.82) is 0 Å². The largest absolute Gasteiger partial charge is 0.277 e. The first-order valence-corrected chi connectivity index (χ1v) is 21.9. The Hall–Kier alpha value is -7.92. The number of fused-ring (bicyclic) bond motifs is 12. The second kappa shape index (κ2) is 13.8. The van der Waals surface area contributed by atoms with Gasteiger partial charge in [0.15, 0.2) is 0 Å². The van der Waals surface area contributed by atoms with Gasteiger partial charge in [0.1, 0.15) is 0 Å². The molecular weight excluding hydrogens is 771 g/mol. The van der Waals surface area contributed by atoms with Crippen molar-refractivity contribution in [2.45, 2.75) is 0 Å². The van der Waals surface area contributed by atoms with E-state index in [-0.39, 0.29) is 0 Å². The summed E-state index contributed by atoms with van der Waals surface area (Å²) in [5.41, 5.74) is 12.1. The van der Waals surface area contributed by atoms with Crippen LogP contribution in [0.1, 0.15) is 0 Å². The maximum Gasteiger partial charge on any atom is 0.235 e. The predicted octanol–water partition coefficient (Wildman–Crippen LogP) is 16.1. The molecule has 0 aliphatic rings. The van der Waals surface area contributed by atoms with Crippen molar-refractivity contribution >= 4 is 85.8 Å². The minimum absolute atomic E-state index is 0.648. The fourth-order valence-corrected chi connectivity index (χ4v) is 11.0. The van der Waals surface area contributed by atoms with Gasteiger partial charge in [-0.15, -0.1) is 11.3 Å². The van der Waals surface area contributed by atoms with Gasteiger partial charge < -0.3 is 0 Å². The van der Waals surface area contributed by atoms with E-state index >= 15 is 0 Å². The van der Waals surface area contributed by atoms with Crippen LogP contribution in [-0.2, 0) is 0 Å². The van der Waals surface area contributed by atoms with Gasteiger partial charge in [0.2, 0.25) is 5.95 Å². The highest BCUT2D eigenvalue weighted by Crippen LogP contribution is 2.46. The molecule has 0 radical (unpaired) electrons. The van der Waals surface area contributed by atoms with Gasteiger partial charge >= 0.3 is 0 Å². The van der Waals surface area contributed by atoms with Crippen LogP contribution in [-0.4, -0.2) is 14.5 Å². The number of hydrogen-bond acceptors (Lipinski definition) is 3. The van der Waals surface area contributed by atoms with Crippen molar-refractivity contribution in [2.75, 3.05) is 0 Å². The van der Waals surface area contributed by atoms with E-state index in [1.807, 2.05) is 11.3 Å². The summed E-state index contributed by atoms with van der Waals surface area (Å²) in [5, 5.41) is 10.9. The van der Waals surface area contributed by atoms with E-state index in [0.717, 1.165) is 49.9 Å². The van der Waals surface area contributed by atoms with Gasteiger partial charge in [0, 0.05) is 52.8 Å². The van der Waals surface area contributed by atoms with Crippen molar-refractivity contribution in [3.63, 3.8) is 0 Å². The normalized spacial score (nSPS) is 11.9. The van der Waals surface area contributed by atoms with Crippen LogP contribution in [0.25, 0.3) is 125 Å². The van der Waals surface area contributed by atoms with E-state index in [4.69, 9.17) is 9.97 Å². The molecule has 3 heterocycles. The molecule has 0 fully saturated rings. The van der Waals surface area contributed by atoms with Crippen LogP contribution >= 0.6 is 11.3 Å². The number of para-hydroxylation sites is 2. The third-order valence-electron chi connectivity index (χ3n) is 12.6. The number of nitrogens with zero attached hydrogens (tertiary/aromatic N) is 3. The first kappa shape index (κ1) is 34.9. The SMILES string of the molecule is c1ccc(-c2nc(-n3c4c(-c5cccc(-c6cccc(-c7cccc8sc9ccccc9c78)c6)c5)cccc4c4c5ccccc5c5ccccc5c43)nc3ccccc23)cc1. The molecular formula is C58H35N3S. The molecule has 288 valence electrons. The van der Waals surface area contributed by atoms with Gasteiger partial charge in [0.05, 0.1) is 22.2 Å². The van der Waals surface area contributed by atoms with Gasteiger partial charge in [-0.05, 0) is 74.3 Å². The van der Waals surface area contributed by atoms with Crippen molar-refractivity contribution in [1.82, 2.24) is 14.5 Å². The van der Waals surface area contributed by atoms with E-state index in [1.165, 1.54) is 69.2 Å². The molecule has 0 saturated heterocycles. The second-order valence-corrected chi connectivity index (χ2v) is 17.1. The van der Waals surface area contributed by atoms with Gasteiger partial charge in [0.25, 0.3) is 0 Å². The Balaban J connectivity index is 1.08. The third kappa shape index (κ3) is 5.30. The molecule has 4 heteroatoms. The molecule has 3 aromatic heterocycles. The van der Waals surface area contributed by atoms with Crippen molar-refractivity contribution in [3.8, 4) is 50.6 Å². The maximum absolute atomic E-state index is 5.53. The van der Waals surface area contributed by atoms with Crippen LogP contribution < -0.4 is 0 Å². The zero-order valence-corrected chi connectivity index (χ0v) is 34.3. The molecule has 13 rings (SSSR count). The maximum atomic E-state index is 5.53. The first-order chi connectivity index (χ1) is 30.8. The summed E-state index contributed by atoms with van der Waals surface area (Å²) < 4.78 is 4.98. The highest BCUT2D eigenvalue weighted by Gasteiger charge is 2.24. The topological polar surface area (TPSA) is 30.7 Å². The molecule has 62 heavy (non-hydrogen) atoms. The number of hydrogen-bond donors (Lipinski definition) is 0. The van der Waals surface area contributed by atoms with Crippen molar-refractivity contribution in [3.05, 3.63) is 212 Å². The van der Waals surface area contributed by atoms with Crippen LogP contribution in [0.2, 0.25) is 0 Å². The van der Waals surface area contributed by atoms with Crippen LogP contribution in [0.5, 0.6) is 0 Å². The second-order valence-electron chi connectivity index (χ2n) is 16.0. The van der Waals surface area contributed by atoms with Crippen LogP contribution in [0.4, 0.5) is 0 Å². The number of benzene rings is 10. The summed E-state index contributed by atoms with van der Waals surface area (Å²) in [5.74, 6) is 0.648. The Morgan fingerprint density at radius 2 is 0.855 bits per heavy atom. The van der Waals surface area contributed by atoms with E-state index in [1.54, 1.807) is 0 Å². The smallest absolute Gasteiger partial charge is 0.235 e. The molecule has 13 aromatic rings. The van der Waals surface area contributed by atoms with Gasteiger partial charge in [-0.25, -0.2) is 9.97 Å². The zero-order valence-electron chi connectivity index (χ0n) is 33.5. The number of rotatable bonds is 5. The quantitative estimate of drug-likeness (QED) is 0.162. The van der Waals surface area contributed by atoms with Crippen molar-refractivity contribution in [2.24, 2.45) is 0 Å². The molecule has 0 aliphatic carbocycles. The Labute approximate surface area is 361 Å². The lowest BCUT2D eigenvalue weighted by Gasteiger charge is -2.15. The molecule has 0 amide bonds.